The Morgan fingerprint density at radius 2 is 1.94 bits per heavy atom. The van der Waals surface area contributed by atoms with Crippen LogP contribution in [-0.4, -0.2) is 35.4 Å². The van der Waals surface area contributed by atoms with Gasteiger partial charge in [0.2, 0.25) is 5.17 Å². The van der Waals surface area contributed by atoms with Crippen molar-refractivity contribution < 1.29 is 17.4 Å². The monoisotopic (exact) mass is 482 g/mol. The molecule has 0 aliphatic carbocycles. The first kappa shape index (κ1) is 22.9. The van der Waals surface area contributed by atoms with E-state index in [-0.39, 0.29) is 22.1 Å². The molecule has 1 amide bonds. The van der Waals surface area contributed by atoms with E-state index in [4.69, 9.17) is 9.59 Å². The molecule has 8 nitrogen and oxygen atoms in total. The minimum atomic E-state index is -4.01. The normalized spacial score (nSPS) is 17.2. The van der Waals surface area contributed by atoms with E-state index in [1.54, 1.807) is 24.3 Å². The second kappa shape index (κ2) is 9.32. The molecule has 0 fully saturated rings. The highest BCUT2D eigenvalue weighted by Crippen LogP contribution is 2.30. The molecule has 4 rings (SSSR count). The summed E-state index contributed by atoms with van der Waals surface area (Å²) in [6, 6.07) is 12.7. The lowest BCUT2D eigenvalue weighted by Crippen LogP contribution is -2.35. The molecule has 0 aromatic heterocycles. The van der Waals surface area contributed by atoms with Gasteiger partial charge >= 0.3 is 10.1 Å². The summed E-state index contributed by atoms with van der Waals surface area (Å²) in [5.41, 5.74) is 1.50. The molecule has 0 saturated heterocycles. The molecule has 0 atom stereocenters. The Labute approximate surface area is 196 Å². The van der Waals surface area contributed by atoms with Crippen molar-refractivity contribution in [2.45, 2.75) is 38.0 Å². The zero-order chi connectivity index (χ0) is 23.6. The van der Waals surface area contributed by atoms with Crippen LogP contribution in [0.5, 0.6) is 5.75 Å². The van der Waals surface area contributed by atoms with Crippen LogP contribution in [0.4, 0.5) is 0 Å². The highest BCUT2D eigenvalue weighted by molar-refractivity contribution is 8.26. The Balaban J connectivity index is 1.57. The van der Waals surface area contributed by atoms with Crippen LogP contribution in [0.3, 0.4) is 0 Å². The Kier molecular flexibility index (Phi) is 6.48. The fourth-order valence-corrected chi connectivity index (χ4v) is 5.01. The van der Waals surface area contributed by atoms with E-state index < -0.39 is 16.0 Å². The summed E-state index contributed by atoms with van der Waals surface area (Å²) >= 11 is 1.31. The lowest BCUT2D eigenvalue weighted by Gasteiger charge is -2.20. The largest absolute Gasteiger partial charge is 0.379 e. The standard InChI is InChI=1S/C23H22N4O4S2/c1-3-4-8-20-26-27-21(24)19(22(28)25-23(27)32-20)14-16-6-5-7-17(13-16)31-33(29,30)18-11-9-15(2)10-12-18/h5-7,9-14,24H,3-4,8H2,1-2H3. The zero-order valence-corrected chi connectivity index (χ0v) is 19.7. The average molecular weight is 483 g/mol. The number of amides is 1. The van der Waals surface area contributed by atoms with E-state index in [1.807, 2.05) is 6.92 Å². The first-order chi connectivity index (χ1) is 15.8. The fraction of sp³-hybridized carbons (Fsp3) is 0.217. The maximum Gasteiger partial charge on any atom is 0.339 e. The van der Waals surface area contributed by atoms with Gasteiger partial charge in [0.25, 0.3) is 5.91 Å². The maximum atomic E-state index is 12.6. The molecule has 2 aliphatic rings. The van der Waals surface area contributed by atoms with E-state index in [1.165, 1.54) is 47.1 Å². The minimum Gasteiger partial charge on any atom is -0.379 e. The lowest BCUT2D eigenvalue weighted by molar-refractivity contribution is -0.114. The van der Waals surface area contributed by atoms with E-state index in [0.717, 1.165) is 29.9 Å². The second-order valence-corrected chi connectivity index (χ2v) is 10.1. The number of thioether (sulfide) groups is 1. The van der Waals surface area contributed by atoms with Crippen molar-refractivity contribution in [2.75, 3.05) is 0 Å². The van der Waals surface area contributed by atoms with Crippen molar-refractivity contribution in [3.05, 3.63) is 65.2 Å². The smallest absolute Gasteiger partial charge is 0.339 e. The quantitative estimate of drug-likeness (QED) is 0.457. The molecule has 170 valence electrons. The van der Waals surface area contributed by atoms with Crippen LogP contribution >= 0.6 is 11.8 Å². The lowest BCUT2D eigenvalue weighted by atomic mass is 10.1. The number of hydrazone groups is 1. The molecule has 2 aliphatic heterocycles. The van der Waals surface area contributed by atoms with Crippen LogP contribution in [0.25, 0.3) is 6.08 Å². The highest BCUT2D eigenvalue weighted by atomic mass is 32.2. The molecule has 0 spiro atoms. The number of benzene rings is 2. The highest BCUT2D eigenvalue weighted by Gasteiger charge is 2.35. The summed E-state index contributed by atoms with van der Waals surface area (Å²) < 4.78 is 30.4. The number of hydrogen-bond acceptors (Lipinski definition) is 7. The third kappa shape index (κ3) is 5.07. The topological polar surface area (TPSA) is 112 Å². The van der Waals surface area contributed by atoms with Crippen LogP contribution < -0.4 is 4.18 Å². The Morgan fingerprint density at radius 3 is 2.67 bits per heavy atom. The Bertz CT molecular complexity index is 1310. The molecule has 2 aromatic rings. The molecule has 0 bridgehead atoms. The molecule has 2 aromatic carbocycles. The van der Waals surface area contributed by atoms with Gasteiger partial charge in [0.1, 0.15) is 15.7 Å². The van der Waals surface area contributed by atoms with Crippen LogP contribution in [0, 0.1) is 12.3 Å². The van der Waals surface area contributed by atoms with E-state index >= 15 is 0 Å². The number of fused-ring (bicyclic) bond motifs is 1. The summed E-state index contributed by atoms with van der Waals surface area (Å²) in [5.74, 6) is -0.507. The number of carbonyl (C=O) groups excluding carboxylic acids is 1. The van der Waals surface area contributed by atoms with Crippen molar-refractivity contribution in [3.63, 3.8) is 0 Å². The van der Waals surface area contributed by atoms with Crippen LogP contribution in [-0.2, 0) is 14.9 Å². The number of rotatable bonds is 7. The summed E-state index contributed by atoms with van der Waals surface area (Å²) in [6.07, 6.45) is 4.24. The first-order valence-electron chi connectivity index (χ1n) is 10.4. The van der Waals surface area contributed by atoms with Gasteiger partial charge < -0.3 is 4.18 Å². The van der Waals surface area contributed by atoms with Gasteiger partial charge in [0.15, 0.2) is 5.84 Å². The van der Waals surface area contributed by atoms with Crippen molar-refractivity contribution in [3.8, 4) is 5.75 Å². The van der Waals surface area contributed by atoms with Crippen molar-refractivity contribution in [2.24, 2.45) is 10.1 Å². The third-order valence-corrected chi connectivity index (χ3v) is 7.15. The SMILES string of the molecule is CCCCC1=NN2C(=N)C(=Cc3cccc(OS(=O)(=O)c4ccc(C)cc4)c3)C(=O)N=C2S1. The van der Waals surface area contributed by atoms with E-state index in [2.05, 4.69) is 17.0 Å². The van der Waals surface area contributed by atoms with Crippen LogP contribution in [0.2, 0.25) is 0 Å². The predicted molar refractivity (Wildman–Crippen MR) is 130 cm³/mol. The third-order valence-electron chi connectivity index (χ3n) is 4.93. The number of aryl methyl sites for hydroxylation is 1. The second-order valence-electron chi connectivity index (χ2n) is 7.54. The van der Waals surface area contributed by atoms with Crippen molar-refractivity contribution in [1.29, 1.82) is 5.41 Å². The molecule has 0 saturated carbocycles. The summed E-state index contributed by atoms with van der Waals surface area (Å²) in [4.78, 5) is 16.7. The number of nitrogens with zero attached hydrogens (tertiary/aromatic N) is 3. The summed E-state index contributed by atoms with van der Waals surface area (Å²) in [5, 5.41) is 15.5. The van der Waals surface area contributed by atoms with Crippen molar-refractivity contribution in [1.82, 2.24) is 5.01 Å². The Morgan fingerprint density at radius 1 is 1.18 bits per heavy atom. The van der Waals surface area contributed by atoms with Crippen LogP contribution in [0.1, 0.15) is 37.3 Å². The molecule has 0 unspecified atom stereocenters. The zero-order valence-electron chi connectivity index (χ0n) is 18.1. The number of unbranched alkanes of at least 4 members (excludes halogenated alkanes) is 1. The number of carbonyl (C=O) groups is 1. The van der Waals surface area contributed by atoms with E-state index in [0.29, 0.717) is 10.7 Å². The van der Waals surface area contributed by atoms with Gasteiger partial charge in [-0.15, -0.1) is 0 Å². The van der Waals surface area contributed by atoms with Gasteiger partial charge in [-0.1, -0.05) is 43.2 Å². The van der Waals surface area contributed by atoms with Gasteiger partial charge in [-0.2, -0.15) is 23.5 Å². The van der Waals surface area contributed by atoms with Gasteiger partial charge in [-0.05, 0) is 67.4 Å². The van der Waals surface area contributed by atoms with Gasteiger partial charge in [-0.25, -0.2) is 0 Å². The average Bonchev–Trinajstić information content (AvgIpc) is 3.18. The molecular formula is C23H22N4O4S2. The van der Waals surface area contributed by atoms with Crippen molar-refractivity contribution >= 4 is 49.9 Å². The van der Waals surface area contributed by atoms with Gasteiger partial charge in [-0.3, -0.25) is 10.2 Å². The fourth-order valence-electron chi connectivity index (χ4n) is 3.16. The molecule has 10 heteroatoms. The predicted octanol–water partition coefficient (Wildman–Crippen LogP) is 4.57. The number of nitrogens with one attached hydrogen (secondary N) is 1. The maximum absolute atomic E-state index is 12.6. The minimum absolute atomic E-state index is 0.0474. The number of hydrogen-bond donors (Lipinski definition) is 1. The summed E-state index contributed by atoms with van der Waals surface area (Å²) in [6.45, 7) is 3.95. The number of amidine groups is 2. The molecule has 33 heavy (non-hydrogen) atoms. The summed E-state index contributed by atoms with van der Waals surface area (Å²) in [7, 11) is -4.01. The Hall–Kier alpha value is -3.24. The van der Waals surface area contributed by atoms with E-state index in [9.17, 15) is 13.2 Å². The first-order valence-corrected chi connectivity index (χ1v) is 12.6. The molecular weight excluding hydrogens is 460 g/mol. The number of aliphatic imine (C=N–C) groups is 1. The molecule has 0 radical (unpaired) electrons. The molecule has 1 N–H and O–H groups in total. The van der Waals surface area contributed by atoms with Crippen LogP contribution in [0.15, 0.2) is 69.1 Å². The molecule has 2 heterocycles. The van der Waals surface area contributed by atoms with Gasteiger partial charge in [0, 0.05) is 0 Å². The van der Waals surface area contributed by atoms with Gasteiger partial charge in [0.05, 0.1) is 5.57 Å².